The maximum Gasteiger partial charge on any atom is 0.311 e. The number of carbonyl (C=O) groups excluding carboxylic acids is 2. The number of rotatable bonds is 6. The number of hydrogen-bond donors (Lipinski definition) is 0. The van der Waals surface area contributed by atoms with E-state index in [4.69, 9.17) is 9.26 Å². The average Bonchev–Trinajstić information content (AvgIpc) is 3.25. The Kier molecular flexibility index (Phi) is 4.81. The first-order valence-electron chi connectivity index (χ1n) is 7.30. The second-order valence-corrected chi connectivity index (χ2v) is 5.99. The van der Waals surface area contributed by atoms with Crippen molar-refractivity contribution in [3.63, 3.8) is 0 Å². The zero-order valence-electron chi connectivity index (χ0n) is 12.9. The van der Waals surface area contributed by atoms with Gasteiger partial charge in [0.25, 0.3) is 0 Å². The molecule has 0 aliphatic rings. The lowest BCUT2D eigenvalue weighted by Gasteiger charge is -2.03. The smallest absolute Gasteiger partial charge is 0.311 e. The van der Waals surface area contributed by atoms with Crippen LogP contribution in [0.5, 0.6) is 5.75 Å². The van der Waals surface area contributed by atoms with Gasteiger partial charge < -0.3 is 9.26 Å². The van der Waals surface area contributed by atoms with Crippen molar-refractivity contribution in [3.05, 3.63) is 53.2 Å². The van der Waals surface area contributed by atoms with Gasteiger partial charge in [0.05, 0.1) is 11.3 Å². The third-order valence-electron chi connectivity index (χ3n) is 3.25. The van der Waals surface area contributed by atoms with Crippen molar-refractivity contribution in [2.75, 3.05) is 0 Å². The summed E-state index contributed by atoms with van der Waals surface area (Å²) in [6.45, 7) is 1.48. The molecular weight excluding hydrogens is 328 g/mol. The molecule has 24 heavy (non-hydrogen) atoms. The van der Waals surface area contributed by atoms with E-state index in [-0.39, 0.29) is 12.2 Å². The molecule has 2 aromatic heterocycles. The second-order valence-electron chi connectivity index (χ2n) is 5.04. The van der Waals surface area contributed by atoms with Gasteiger partial charge >= 0.3 is 5.97 Å². The molecule has 0 aliphatic heterocycles. The summed E-state index contributed by atoms with van der Waals surface area (Å²) in [4.78, 5) is 28.2. The predicted octanol–water partition coefficient (Wildman–Crippen LogP) is 3.54. The first kappa shape index (κ1) is 16.1. The summed E-state index contributed by atoms with van der Waals surface area (Å²) in [5.41, 5.74) is 0.571. The number of esters is 1. The van der Waals surface area contributed by atoms with Gasteiger partial charge in [-0.1, -0.05) is 11.2 Å². The highest BCUT2D eigenvalue weighted by Crippen LogP contribution is 2.21. The second kappa shape index (κ2) is 7.18. The third-order valence-corrected chi connectivity index (χ3v) is 4.11. The number of Topliss-reactive ketones (excluding diaryl/α,β-unsaturated/α-hetero) is 1. The Balaban J connectivity index is 1.53. The van der Waals surface area contributed by atoms with E-state index in [0.29, 0.717) is 29.4 Å². The van der Waals surface area contributed by atoms with Crippen molar-refractivity contribution in [1.82, 2.24) is 10.1 Å². The minimum Gasteiger partial charge on any atom is -0.427 e. The van der Waals surface area contributed by atoms with Crippen LogP contribution in [-0.4, -0.2) is 21.9 Å². The molecule has 0 saturated heterocycles. The molecule has 1 aromatic carbocycles. The van der Waals surface area contributed by atoms with Crippen molar-refractivity contribution < 1.29 is 18.8 Å². The fourth-order valence-corrected chi connectivity index (χ4v) is 2.66. The zero-order valence-corrected chi connectivity index (χ0v) is 13.7. The zero-order chi connectivity index (χ0) is 16.9. The maximum absolute atomic E-state index is 11.9. The van der Waals surface area contributed by atoms with Crippen LogP contribution in [0, 0.1) is 0 Å². The SMILES string of the molecule is CC(=O)c1ccc(OC(=O)CCc2nc(-c3cccs3)no2)cc1. The van der Waals surface area contributed by atoms with E-state index in [9.17, 15) is 9.59 Å². The molecule has 0 amide bonds. The Hall–Kier alpha value is -2.80. The first-order valence-corrected chi connectivity index (χ1v) is 8.18. The van der Waals surface area contributed by atoms with Crippen LogP contribution in [0.15, 0.2) is 46.3 Å². The van der Waals surface area contributed by atoms with E-state index in [2.05, 4.69) is 10.1 Å². The molecule has 7 heteroatoms. The fraction of sp³-hybridized carbons (Fsp3) is 0.176. The van der Waals surface area contributed by atoms with Crippen LogP contribution in [-0.2, 0) is 11.2 Å². The van der Waals surface area contributed by atoms with E-state index < -0.39 is 5.97 Å². The van der Waals surface area contributed by atoms with E-state index >= 15 is 0 Å². The number of carbonyl (C=O) groups is 2. The summed E-state index contributed by atoms with van der Waals surface area (Å²) in [5, 5.41) is 5.82. The molecule has 6 nitrogen and oxygen atoms in total. The van der Waals surface area contributed by atoms with Crippen LogP contribution >= 0.6 is 11.3 Å². The maximum atomic E-state index is 11.9. The lowest BCUT2D eigenvalue weighted by molar-refractivity contribution is -0.134. The van der Waals surface area contributed by atoms with Crippen LogP contribution in [0.1, 0.15) is 29.6 Å². The fourth-order valence-electron chi connectivity index (χ4n) is 2.01. The predicted molar refractivity (Wildman–Crippen MR) is 88.0 cm³/mol. The minimum atomic E-state index is -0.401. The molecule has 2 heterocycles. The van der Waals surface area contributed by atoms with Crippen LogP contribution < -0.4 is 4.74 Å². The van der Waals surface area contributed by atoms with Crippen LogP contribution in [0.2, 0.25) is 0 Å². The third kappa shape index (κ3) is 3.94. The van der Waals surface area contributed by atoms with E-state index in [1.165, 1.54) is 18.3 Å². The van der Waals surface area contributed by atoms with Gasteiger partial charge in [-0.3, -0.25) is 9.59 Å². The summed E-state index contributed by atoms with van der Waals surface area (Å²) >= 11 is 1.52. The van der Waals surface area contributed by atoms with Crippen LogP contribution in [0.3, 0.4) is 0 Å². The van der Waals surface area contributed by atoms with E-state index in [0.717, 1.165) is 4.88 Å². The summed E-state index contributed by atoms with van der Waals surface area (Å²) < 4.78 is 10.3. The van der Waals surface area contributed by atoms with Crippen LogP contribution in [0.25, 0.3) is 10.7 Å². The normalized spacial score (nSPS) is 10.5. The summed E-state index contributed by atoms with van der Waals surface area (Å²) in [6, 6.07) is 10.2. The Morgan fingerprint density at radius 1 is 1.21 bits per heavy atom. The van der Waals surface area contributed by atoms with Crippen molar-refractivity contribution in [3.8, 4) is 16.5 Å². The standard InChI is InChI=1S/C17H14N2O4S/c1-11(20)12-4-6-13(7-5-12)22-16(21)9-8-15-18-17(19-23-15)14-3-2-10-24-14/h2-7,10H,8-9H2,1H3. The number of thiophene rings is 1. The highest BCUT2D eigenvalue weighted by atomic mass is 32.1. The van der Waals surface area contributed by atoms with Crippen molar-refractivity contribution >= 4 is 23.1 Å². The molecule has 0 N–H and O–H groups in total. The highest BCUT2D eigenvalue weighted by Gasteiger charge is 2.12. The minimum absolute atomic E-state index is 0.0363. The molecule has 0 saturated carbocycles. The molecule has 0 aliphatic carbocycles. The molecule has 122 valence electrons. The monoisotopic (exact) mass is 342 g/mol. The summed E-state index contributed by atoms with van der Waals surface area (Å²) in [7, 11) is 0. The largest absolute Gasteiger partial charge is 0.427 e. The van der Waals surface area contributed by atoms with Gasteiger partial charge in [-0.15, -0.1) is 11.3 Å². The average molecular weight is 342 g/mol. The van der Waals surface area contributed by atoms with Gasteiger partial charge in [-0.25, -0.2) is 0 Å². The van der Waals surface area contributed by atoms with Gasteiger partial charge in [0.15, 0.2) is 5.78 Å². The number of benzene rings is 1. The van der Waals surface area contributed by atoms with Gasteiger partial charge in [0, 0.05) is 12.0 Å². The quantitative estimate of drug-likeness (QED) is 0.387. The van der Waals surface area contributed by atoms with E-state index in [1.807, 2.05) is 17.5 Å². The van der Waals surface area contributed by atoms with E-state index in [1.54, 1.807) is 24.3 Å². The molecular formula is C17H14N2O4S. The summed E-state index contributed by atoms with van der Waals surface area (Å²) in [5.74, 6) is 0.873. The van der Waals surface area contributed by atoms with Crippen molar-refractivity contribution in [2.24, 2.45) is 0 Å². The van der Waals surface area contributed by atoms with Gasteiger partial charge in [-0.2, -0.15) is 4.98 Å². The van der Waals surface area contributed by atoms with Crippen molar-refractivity contribution in [1.29, 1.82) is 0 Å². The Labute approximate surface area is 142 Å². The number of nitrogens with zero attached hydrogens (tertiary/aromatic N) is 2. The molecule has 0 radical (unpaired) electrons. The lowest BCUT2D eigenvalue weighted by atomic mass is 10.1. The van der Waals surface area contributed by atoms with Crippen molar-refractivity contribution in [2.45, 2.75) is 19.8 Å². The topological polar surface area (TPSA) is 82.3 Å². The summed E-state index contributed by atoms with van der Waals surface area (Å²) in [6.07, 6.45) is 0.434. The molecule has 0 spiro atoms. The Morgan fingerprint density at radius 3 is 2.67 bits per heavy atom. The van der Waals surface area contributed by atoms with Crippen LogP contribution in [0.4, 0.5) is 0 Å². The molecule has 0 atom stereocenters. The lowest BCUT2D eigenvalue weighted by Crippen LogP contribution is -2.09. The first-order chi connectivity index (χ1) is 11.6. The number of aromatic nitrogens is 2. The Bertz CT molecular complexity index is 838. The molecule has 0 unspecified atom stereocenters. The molecule has 3 aromatic rings. The number of aryl methyl sites for hydroxylation is 1. The molecule has 0 fully saturated rings. The number of hydrogen-bond acceptors (Lipinski definition) is 7. The van der Waals surface area contributed by atoms with Gasteiger partial charge in [0.2, 0.25) is 11.7 Å². The Morgan fingerprint density at radius 2 is 2.00 bits per heavy atom. The van der Waals surface area contributed by atoms with Gasteiger partial charge in [-0.05, 0) is 42.6 Å². The molecule has 0 bridgehead atoms. The highest BCUT2D eigenvalue weighted by molar-refractivity contribution is 7.13. The molecule has 3 rings (SSSR count). The number of ketones is 1. The van der Waals surface area contributed by atoms with Gasteiger partial charge in [0.1, 0.15) is 5.75 Å². The number of ether oxygens (including phenoxy) is 1.